The second-order valence-corrected chi connectivity index (χ2v) is 11.2. The van der Waals surface area contributed by atoms with E-state index in [0.717, 1.165) is 17.7 Å². The number of rotatable bonds is 20. The number of ether oxygens (including phenoxy) is 3. The van der Waals surface area contributed by atoms with Crippen molar-refractivity contribution in [1.29, 1.82) is 0 Å². The highest BCUT2D eigenvalue weighted by molar-refractivity contribution is 5.93. The van der Waals surface area contributed by atoms with Gasteiger partial charge < -0.3 is 45.9 Å². The molecule has 3 aromatic rings. The number of hydrogen-bond acceptors (Lipinski definition) is 13. The van der Waals surface area contributed by atoms with E-state index in [1.54, 1.807) is 60.7 Å². The van der Waals surface area contributed by atoms with E-state index in [4.69, 9.17) is 14.2 Å². The first-order valence-corrected chi connectivity index (χ1v) is 16.3. The van der Waals surface area contributed by atoms with Crippen LogP contribution in [0.3, 0.4) is 0 Å². The Labute approximate surface area is 307 Å². The number of carbonyl (C=O) groups excluding carboxylic acids is 7. The van der Waals surface area contributed by atoms with Crippen molar-refractivity contribution >= 4 is 47.3 Å². The molecule has 0 aliphatic carbocycles. The second-order valence-electron chi connectivity index (χ2n) is 11.2. The number of nitro groups is 1. The van der Waals surface area contributed by atoms with Gasteiger partial charge in [-0.2, -0.15) is 0 Å². The predicted molar refractivity (Wildman–Crippen MR) is 186 cm³/mol. The molecule has 0 radical (unpaired) electrons. The lowest BCUT2D eigenvalue weighted by atomic mass is 10.1. The smallest absolute Gasteiger partial charge is 0.408 e. The lowest BCUT2D eigenvalue weighted by Gasteiger charge is -2.18. The van der Waals surface area contributed by atoms with Gasteiger partial charge in [0.1, 0.15) is 37.6 Å². The highest BCUT2D eigenvalue weighted by atomic mass is 16.6. The first kappa shape index (κ1) is 41.5. The molecule has 54 heavy (non-hydrogen) atoms. The van der Waals surface area contributed by atoms with Crippen LogP contribution in [-0.4, -0.2) is 90.0 Å². The fraction of sp³-hybridized carbons (Fsp3) is 0.286. The first-order valence-electron chi connectivity index (χ1n) is 16.3. The second kappa shape index (κ2) is 22.1. The van der Waals surface area contributed by atoms with Crippen molar-refractivity contribution < 1.29 is 57.8 Å². The summed E-state index contributed by atoms with van der Waals surface area (Å²) in [6.45, 7) is -2.97. The molecule has 2 atom stereocenters. The van der Waals surface area contributed by atoms with Crippen LogP contribution < -0.4 is 31.3 Å². The quantitative estimate of drug-likeness (QED) is 0.0389. The third-order valence-electron chi connectivity index (χ3n) is 7.09. The van der Waals surface area contributed by atoms with Gasteiger partial charge in [-0.15, -0.1) is 0 Å². The zero-order valence-corrected chi connectivity index (χ0v) is 28.7. The molecule has 6 N–H and O–H groups in total. The topological polar surface area (TPSA) is 271 Å². The van der Waals surface area contributed by atoms with Crippen LogP contribution >= 0.6 is 0 Å². The molecule has 19 nitrogen and oxygen atoms in total. The van der Waals surface area contributed by atoms with Crippen molar-refractivity contribution in [2.45, 2.75) is 38.1 Å². The Kier molecular flexibility index (Phi) is 17.0. The summed E-state index contributed by atoms with van der Waals surface area (Å²) in [5, 5.41) is 31.5. The van der Waals surface area contributed by atoms with Gasteiger partial charge in [0.15, 0.2) is 0 Å². The molecule has 0 aromatic heterocycles. The number of nitrogens with zero attached hydrogens (tertiary/aromatic N) is 1. The summed E-state index contributed by atoms with van der Waals surface area (Å²) < 4.78 is 15.4. The van der Waals surface area contributed by atoms with E-state index in [0.29, 0.717) is 5.56 Å². The third kappa shape index (κ3) is 15.6. The average Bonchev–Trinajstić information content (AvgIpc) is 3.18. The minimum absolute atomic E-state index is 0.00131. The van der Waals surface area contributed by atoms with Crippen LogP contribution in [0.5, 0.6) is 5.75 Å². The maximum atomic E-state index is 13.0. The Hall–Kier alpha value is -6.89. The molecule has 0 spiro atoms. The zero-order valence-electron chi connectivity index (χ0n) is 28.7. The van der Waals surface area contributed by atoms with Crippen LogP contribution in [0.4, 0.5) is 10.5 Å². The molecule has 0 aliphatic heterocycles. The van der Waals surface area contributed by atoms with Crippen molar-refractivity contribution in [1.82, 2.24) is 26.6 Å². The van der Waals surface area contributed by atoms with Crippen molar-refractivity contribution in [2.24, 2.45) is 0 Å². The molecule has 0 heterocycles. The van der Waals surface area contributed by atoms with Gasteiger partial charge >= 0.3 is 18.0 Å². The molecule has 0 bridgehead atoms. The van der Waals surface area contributed by atoms with Crippen LogP contribution in [0.15, 0.2) is 84.9 Å². The van der Waals surface area contributed by atoms with Gasteiger partial charge in [0.25, 0.3) is 5.69 Å². The molecule has 3 aromatic carbocycles. The number of carbonyl (C=O) groups is 7. The highest BCUT2D eigenvalue weighted by Gasteiger charge is 2.25. The number of aliphatic hydroxyl groups excluding tert-OH is 1. The number of aliphatic hydroxyl groups is 1. The van der Waals surface area contributed by atoms with E-state index in [9.17, 15) is 48.8 Å². The molecule has 19 heteroatoms. The molecular formula is C35H38N6O13. The number of alkyl carbamates (subject to hydrolysis) is 1. The number of hydrogen-bond donors (Lipinski definition) is 6. The molecule has 2 unspecified atom stereocenters. The van der Waals surface area contributed by atoms with Gasteiger partial charge in [0.05, 0.1) is 24.6 Å². The minimum atomic E-state index is -1.52. The highest BCUT2D eigenvalue weighted by Crippen LogP contribution is 2.17. The number of nitrogens with one attached hydrogen (secondary N) is 5. The predicted octanol–water partition coefficient (Wildman–Crippen LogP) is 0.145. The Morgan fingerprint density at radius 2 is 1.20 bits per heavy atom. The van der Waals surface area contributed by atoms with Gasteiger partial charge in [-0.3, -0.25) is 34.1 Å². The van der Waals surface area contributed by atoms with Crippen LogP contribution in [0.1, 0.15) is 24.0 Å². The van der Waals surface area contributed by atoms with E-state index in [1.807, 2.05) is 0 Å². The lowest BCUT2D eigenvalue weighted by molar-refractivity contribution is -0.384. The molecule has 286 valence electrons. The van der Waals surface area contributed by atoms with Gasteiger partial charge in [-0.25, -0.2) is 9.59 Å². The summed E-state index contributed by atoms with van der Waals surface area (Å²) in [7, 11) is 0. The molecule has 3 rings (SSSR count). The average molecular weight is 751 g/mol. The van der Waals surface area contributed by atoms with E-state index >= 15 is 0 Å². The minimum Gasteiger partial charge on any atom is -0.461 e. The Balaban J connectivity index is 1.43. The Bertz CT molecular complexity index is 1760. The Morgan fingerprint density at radius 3 is 1.80 bits per heavy atom. The van der Waals surface area contributed by atoms with Crippen LogP contribution in [-0.2, 0) is 51.5 Å². The molecule has 0 aliphatic rings. The summed E-state index contributed by atoms with van der Waals surface area (Å²) in [5.41, 5.74) is 1.21. The number of esters is 2. The van der Waals surface area contributed by atoms with Crippen LogP contribution in [0.25, 0.3) is 0 Å². The maximum absolute atomic E-state index is 13.0. The molecule has 0 fully saturated rings. The fourth-order valence-electron chi connectivity index (χ4n) is 4.31. The fourth-order valence-corrected chi connectivity index (χ4v) is 4.31. The lowest BCUT2D eigenvalue weighted by Crippen LogP contribution is -2.53. The summed E-state index contributed by atoms with van der Waals surface area (Å²) in [5.74, 6) is -5.17. The number of nitro benzene ring substituents is 1. The first-order chi connectivity index (χ1) is 25.9. The number of amides is 5. The number of non-ortho nitro benzene ring substituents is 1. The summed E-state index contributed by atoms with van der Waals surface area (Å²) >= 11 is 0. The standard InChI is InChI=1S/C35H38N6O13/c42-20-28(34(48)38-19-32(46)54-26-13-11-25(12-14-26)41(50)51)39-30(44)18-36-29(43)17-37-33(47)27(40-35(49)53-22-24-9-5-2-6-10-24)15-16-31(45)52-21-23-7-3-1-4-8-23/h1-14,27-28,42H,15-22H2,(H,36,43)(H,37,47)(H,38,48)(H,39,44)(H,40,49). The van der Waals surface area contributed by atoms with Crippen molar-refractivity contribution in [3.05, 3.63) is 106 Å². The normalized spacial score (nSPS) is 11.4. The van der Waals surface area contributed by atoms with E-state index < -0.39 is 84.9 Å². The zero-order chi connectivity index (χ0) is 39.3. The van der Waals surface area contributed by atoms with Crippen LogP contribution in [0, 0.1) is 10.1 Å². The molecule has 0 saturated carbocycles. The van der Waals surface area contributed by atoms with Gasteiger partial charge in [-0.1, -0.05) is 60.7 Å². The van der Waals surface area contributed by atoms with Crippen LogP contribution in [0.2, 0.25) is 0 Å². The van der Waals surface area contributed by atoms with E-state index in [-0.39, 0.29) is 37.5 Å². The largest absolute Gasteiger partial charge is 0.461 e. The van der Waals surface area contributed by atoms with Gasteiger partial charge in [-0.05, 0) is 29.7 Å². The molecular weight excluding hydrogens is 712 g/mol. The van der Waals surface area contributed by atoms with Gasteiger partial charge in [0.2, 0.25) is 23.6 Å². The van der Waals surface area contributed by atoms with E-state index in [2.05, 4.69) is 26.6 Å². The summed E-state index contributed by atoms with van der Waals surface area (Å²) in [4.78, 5) is 97.1. The Morgan fingerprint density at radius 1 is 0.648 bits per heavy atom. The van der Waals surface area contributed by atoms with Crippen molar-refractivity contribution in [3.8, 4) is 5.75 Å². The van der Waals surface area contributed by atoms with E-state index in [1.165, 1.54) is 12.1 Å². The maximum Gasteiger partial charge on any atom is 0.408 e. The van der Waals surface area contributed by atoms with Crippen molar-refractivity contribution in [2.75, 3.05) is 26.2 Å². The SMILES string of the molecule is O=C(CNC(=O)C(CCC(=O)OCc1ccccc1)NC(=O)OCc1ccccc1)NCC(=O)NC(CO)C(=O)NCC(=O)Oc1ccc([N+](=O)[O-])cc1. The van der Waals surface area contributed by atoms with Gasteiger partial charge in [0, 0.05) is 18.6 Å². The number of benzene rings is 3. The van der Waals surface area contributed by atoms with Crippen molar-refractivity contribution in [3.63, 3.8) is 0 Å². The summed E-state index contributed by atoms with van der Waals surface area (Å²) in [6.07, 6.45) is -1.43. The molecule has 5 amide bonds. The third-order valence-corrected chi connectivity index (χ3v) is 7.09. The summed E-state index contributed by atoms with van der Waals surface area (Å²) in [6, 6.07) is 19.4. The molecule has 0 saturated heterocycles. The monoisotopic (exact) mass is 750 g/mol.